The molecule has 2 N–H and O–H groups in total. The molecule has 0 spiro atoms. The SMILES string of the molecule is C=C1OCC(COC(=O)CCC(=O)OCC(O)COCCCCCCOCC(O)COC(=O)CCC(=O)OCC2COC(=O)O2)O1.CC(=O)OCC1COC(=O)O1.CC1COC(=O)O1.CCCCCOC1COC(=O)O1.O=C1CCC(COCCCCCCOCC2COC(=O)O2)O1. The number of cyclic esters (lactones) is 11. The van der Waals surface area contributed by atoms with Crippen molar-refractivity contribution in [2.45, 2.75) is 185 Å². The largest absolute Gasteiger partial charge is 0.510 e. The Morgan fingerprint density at radius 1 is 0.429 bits per heavy atom. The molecule has 7 aliphatic heterocycles. The number of hydrogen-bond acceptors (Lipinski definition) is 36. The second kappa shape index (κ2) is 52.3. The van der Waals surface area contributed by atoms with Gasteiger partial charge >= 0.3 is 66.6 Å². The Bertz CT molecular complexity index is 2260. The third-order valence-corrected chi connectivity index (χ3v) is 13.2. The van der Waals surface area contributed by atoms with Gasteiger partial charge in [-0.15, -0.1) is 0 Å². The van der Waals surface area contributed by atoms with Crippen LogP contribution in [0.5, 0.6) is 0 Å². The van der Waals surface area contributed by atoms with Crippen LogP contribution in [0.15, 0.2) is 12.5 Å². The van der Waals surface area contributed by atoms with Crippen LogP contribution in [0.4, 0.5) is 24.0 Å². The van der Waals surface area contributed by atoms with E-state index in [1.165, 1.54) is 6.92 Å². The van der Waals surface area contributed by atoms with Gasteiger partial charge in [0.25, 0.3) is 5.95 Å². The minimum atomic E-state index is -1.01. The maximum absolute atomic E-state index is 11.8. The zero-order valence-electron chi connectivity index (χ0n) is 55.8. The van der Waals surface area contributed by atoms with E-state index in [0.717, 1.165) is 77.0 Å². The fraction of sp³-hybridized carbons (Fsp3) is 0.790. The normalized spacial score (nSPS) is 21.4. The second-order valence-corrected chi connectivity index (χ2v) is 22.1. The Morgan fingerprint density at radius 3 is 1.20 bits per heavy atom. The number of rotatable bonds is 43. The number of carbonyl (C=O) groups is 11. The number of aliphatic hydroxyl groups excluding tert-OH is 2. The van der Waals surface area contributed by atoms with E-state index < -0.39 is 97.4 Å². The molecule has 36 nitrogen and oxygen atoms in total. The minimum Gasteiger partial charge on any atom is -0.463 e. The number of aliphatic hydroxyl groups is 2. The molecule has 0 amide bonds. The smallest absolute Gasteiger partial charge is 0.463 e. The van der Waals surface area contributed by atoms with Crippen LogP contribution in [0, 0.1) is 0 Å². The highest BCUT2D eigenvalue weighted by Gasteiger charge is 2.30. The number of carbonyl (C=O) groups excluding carboxylic acids is 11. The predicted molar refractivity (Wildman–Crippen MR) is 322 cm³/mol. The second-order valence-electron chi connectivity index (χ2n) is 22.1. The summed E-state index contributed by atoms with van der Waals surface area (Å²) >= 11 is 0. The third-order valence-electron chi connectivity index (χ3n) is 13.2. The Morgan fingerprint density at radius 2 is 0.827 bits per heavy atom. The van der Waals surface area contributed by atoms with E-state index in [1.807, 2.05) is 0 Å². The molecule has 98 heavy (non-hydrogen) atoms. The van der Waals surface area contributed by atoms with Gasteiger partial charge in [-0.25, -0.2) is 24.0 Å². The van der Waals surface area contributed by atoms with Crippen LogP contribution in [0.1, 0.15) is 130 Å². The van der Waals surface area contributed by atoms with Crippen LogP contribution in [-0.4, -0.2) is 264 Å². The van der Waals surface area contributed by atoms with Crippen molar-refractivity contribution in [2.75, 3.05) is 132 Å². The molecule has 7 heterocycles. The summed E-state index contributed by atoms with van der Waals surface area (Å²) in [5.41, 5.74) is 0. The number of esters is 6. The van der Waals surface area contributed by atoms with Crippen molar-refractivity contribution >= 4 is 66.6 Å². The van der Waals surface area contributed by atoms with Crippen LogP contribution in [0.2, 0.25) is 0 Å². The molecule has 7 fully saturated rings. The van der Waals surface area contributed by atoms with Crippen molar-refractivity contribution in [3.05, 3.63) is 12.5 Å². The van der Waals surface area contributed by atoms with Crippen molar-refractivity contribution < 1.29 is 172 Å². The van der Waals surface area contributed by atoms with Gasteiger partial charge in [0.1, 0.15) is 90.5 Å². The van der Waals surface area contributed by atoms with Crippen LogP contribution in [0.25, 0.3) is 0 Å². The molecule has 0 saturated carbocycles. The van der Waals surface area contributed by atoms with E-state index in [0.29, 0.717) is 59.3 Å². The summed E-state index contributed by atoms with van der Waals surface area (Å²) in [6.07, 6.45) is 3.43. The Hall–Kier alpha value is -7.77. The van der Waals surface area contributed by atoms with Gasteiger partial charge in [-0.2, -0.15) is 0 Å². The van der Waals surface area contributed by atoms with Crippen molar-refractivity contribution in [2.24, 2.45) is 0 Å². The lowest BCUT2D eigenvalue weighted by Crippen LogP contribution is -2.25. The van der Waals surface area contributed by atoms with E-state index in [2.05, 4.69) is 56.1 Å². The van der Waals surface area contributed by atoms with Gasteiger partial charge in [-0.1, -0.05) is 45.4 Å². The number of unbranched alkanes of at least 4 members (excludes halogenated alkanes) is 8. The average Bonchev–Trinajstić information content (AvgIpc) is 2.25. The van der Waals surface area contributed by atoms with E-state index >= 15 is 0 Å². The maximum atomic E-state index is 11.8. The standard InChI is InChI=1S/C29H44O17.C15H24O7.C8H14O4.C6H8O5.C4H6O3/c1-20-39-16-23(45-20)17-42-27(34)8-6-25(32)40-14-21(30)12-37-10-4-2-3-5-11-38-13-22(31)15-41-26(33)7-9-28(35)43-18-24-19-44-29(36)46-24;16-14-6-5-12(21-14)9-18-7-3-1-2-4-8-19-10-13-11-20-15(17)22-13;1-2-3-4-5-10-7-6-11-8(9)12-7;1-4(7)9-2-5-3-10-6(8)11-5;1-3-2-6-4(5)7-3/h21-24,30-31H,1-19H2;12-13H,1-11H2;7H,2-6H2,1H3;5H,2-3H2,1H3;3H,2H2,1H3. The fourth-order valence-electron chi connectivity index (χ4n) is 8.09. The highest BCUT2D eigenvalue weighted by molar-refractivity contribution is 5.78. The summed E-state index contributed by atoms with van der Waals surface area (Å²) in [7, 11) is 0. The molecule has 0 aromatic heterocycles. The van der Waals surface area contributed by atoms with Crippen LogP contribution < -0.4 is 0 Å². The van der Waals surface area contributed by atoms with Gasteiger partial charge in [-0.05, 0) is 52.0 Å². The highest BCUT2D eigenvalue weighted by Crippen LogP contribution is 2.17. The monoisotopic (exact) mass is 1420 g/mol. The Balaban J connectivity index is 0.000000387. The molecule has 9 unspecified atom stereocenters. The fourth-order valence-corrected chi connectivity index (χ4v) is 8.09. The topological polar surface area (TPSA) is 441 Å². The van der Waals surface area contributed by atoms with Crippen molar-refractivity contribution in [3.63, 3.8) is 0 Å². The molecular weight excluding hydrogens is 1320 g/mol. The number of ether oxygens (including phenoxy) is 23. The lowest BCUT2D eigenvalue weighted by molar-refractivity contribution is -0.153. The first-order valence-electron chi connectivity index (χ1n) is 32.5. The molecule has 0 bridgehead atoms. The van der Waals surface area contributed by atoms with Crippen molar-refractivity contribution in [1.82, 2.24) is 0 Å². The third kappa shape index (κ3) is 44.9. The molecule has 0 aromatic carbocycles. The van der Waals surface area contributed by atoms with Crippen LogP contribution in [-0.2, 0) is 138 Å². The molecule has 9 atom stereocenters. The molecule has 7 rings (SSSR count). The summed E-state index contributed by atoms with van der Waals surface area (Å²) < 4.78 is 112. The first-order chi connectivity index (χ1) is 47.1. The van der Waals surface area contributed by atoms with E-state index in [9.17, 15) is 63.0 Å². The van der Waals surface area contributed by atoms with Gasteiger partial charge in [0.2, 0.25) is 6.29 Å². The molecule has 0 radical (unpaired) electrons. The highest BCUT2D eigenvalue weighted by atomic mass is 16.8. The van der Waals surface area contributed by atoms with Crippen LogP contribution >= 0.6 is 0 Å². The maximum Gasteiger partial charge on any atom is 0.510 e. The molecule has 7 aliphatic rings. The zero-order chi connectivity index (χ0) is 71.6. The molecule has 0 aromatic rings. The zero-order valence-corrected chi connectivity index (χ0v) is 55.8. The van der Waals surface area contributed by atoms with Gasteiger partial charge in [0.05, 0.1) is 58.7 Å². The Labute approximate surface area is 566 Å². The van der Waals surface area contributed by atoms with Gasteiger partial charge < -0.3 is 119 Å². The molecule has 7 saturated heterocycles. The van der Waals surface area contributed by atoms with E-state index in [1.54, 1.807) is 6.92 Å². The quantitative estimate of drug-likeness (QED) is 0.0479. The van der Waals surface area contributed by atoms with Crippen LogP contribution in [0.3, 0.4) is 0 Å². The van der Waals surface area contributed by atoms with Gasteiger partial charge in [0, 0.05) is 39.8 Å². The molecular formula is C62H96O36. The first-order valence-corrected chi connectivity index (χ1v) is 32.5. The number of hydrogen-bond donors (Lipinski definition) is 2. The van der Waals surface area contributed by atoms with Gasteiger partial charge in [0.15, 0.2) is 31.0 Å². The summed E-state index contributed by atoms with van der Waals surface area (Å²) in [6.45, 7) is 13.1. The van der Waals surface area contributed by atoms with E-state index in [4.69, 9.17) is 66.3 Å². The molecule has 560 valence electrons. The Kier molecular flexibility index (Phi) is 45.1. The summed E-state index contributed by atoms with van der Waals surface area (Å²) in [6, 6.07) is 0. The van der Waals surface area contributed by atoms with Gasteiger partial charge in [-0.3, -0.25) is 28.8 Å². The summed E-state index contributed by atoms with van der Waals surface area (Å²) in [5.74, 6) is -2.89. The minimum absolute atomic E-state index is 0.00341. The molecule has 0 aliphatic carbocycles. The first kappa shape index (κ1) is 84.5. The summed E-state index contributed by atoms with van der Waals surface area (Å²) in [5, 5.41) is 19.8. The van der Waals surface area contributed by atoms with Crippen molar-refractivity contribution in [1.29, 1.82) is 0 Å². The average molecular weight is 1420 g/mol. The van der Waals surface area contributed by atoms with E-state index in [-0.39, 0.29) is 135 Å². The predicted octanol–water partition coefficient (Wildman–Crippen LogP) is 4.59. The molecule has 36 heteroatoms. The lowest BCUT2D eigenvalue weighted by Gasteiger charge is -2.13. The summed E-state index contributed by atoms with van der Waals surface area (Å²) in [4.78, 5) is 120. The van der Waals surface area contributed by atoms with Crippen molar-refractivity contribution in [3.8, 4) is 0 Å². The lowest BCUT2D eigenvalue weighted by atomic mass is 10.2.